The molecule has 0 aromatic heterocycles. The van der Waals surface area contributed by atoms with Crippen LogP contribution in [0.5, 0.6) is 5.75 Å². The quantitative estimate of drug-likeness (QED) is 0.672. The molecule has 1 saturated heterocycles. The molecule has 7 heteroatoms. The highest BCUT2D eigenvalue weighted by atomic mass is 19.4. The van der Waals surface area contributed by atoms with E-state index in [9.17, 15) is 13.2 Å². The number of ether oxygens (including phenoxy) is 1. The molecule has 0 unspecified atom stereocenters. The van der Waals surface area contributed by atoms with Crippen molar-refractivity contribution in [2.45, 2.75) is 32.5 Å². The molecule has 1 aliphatic rings. The Morgan fingerprint density at radius 3 is 2.42 bits per heavy atom. The Hall–Kier alpha value is -1.92. The Morgan fingerprint density at radius 2 is 1.88 bits per heavy atom. The van der Waals surface area contributed by atoms with Gasteiger partial charge in [0, 0.05) is 26.7 Å². The van der Waals surface area contributed by atoms with Crippen molar-refractivity contribution >= 4 is 5.96 Å². The molecular weight excluding hydrogens is 319 g/mol. The topological polar surface area (TPSA) is 36.9 Å². The number of rotatable bonds is 4. The van der Waals surface area contributed by atoms with Gasteiger partial charge in [-0.25, -0.2) is 0 Å². The first-order valence-corrected chi connectivity index (χ1v) is 8.11. The van der Waals surface area contributed by atoms with Crippen LogP contribution in [0.25, 0.3) is 0 Å². The normalized spacial score (nSPS) is 17.0. The largest absolute Gasteiger partial charge is 0.484 e. The molecule has 1 fully saturated rings. The number of piperidine rings is 1. The molecule has 2 rings (SSSR count). The molecule has 0 saturated carbocycles. The second kappa shape index (κ2) is 8.26. The Bertz CT molecular complexity index is 535. The van der Waals surface area contributed by atoms with Crippen LogP contribution in [0.4, 0.5) is 13.2 Å². The van der Waals surface area contributed by atoms with Gasteiger partial charge in [0.2, 0.25) is 0 Å². The number of benzene rings is 1. The maximum Gasteiger partial charge on any atom is 0.422 e. The zero-order chi connectivity index (χ0) is 17.6. The number of nitrogens with zero attached hydrogens (tertiary/aromatic N) is 2. The summed E-state index contributed by atoms with van der Waals surface area (Å²) in [6.45, 7) is 3.54. The molecule has 1 aliphatic heterocycles. The highest BCUT2D eigenvalue weighted by Gasteiger charge is 2.28. The summed E-state index contributed by atoms with van der Waals surface area (Å²) in [5.41, 5.74) is 0.959. The van der Waals surface area contributed by atoms with Gasteiger partial charge in [-0.15, -0.1) is 0 Å². The van der Waals surface area contributed by atoms with Gasteiger partial charge in [0.25, 0.3) is 0 Å². The Balaban J connectivity index is 1.82. The zero-order valence-corrected chi connectivity index (χ0v) is 14.1. The highest BCUT2D eigenvalue weighted by molar-refractivity contribution is 5.79. The predicted octanol–water partition coefficient (Wildman–Crippen LogP) is 3.44. The summed E-state index contributed by atoms with van der Waals surface area (Å²) in [6.07, 6.45) is -2.00. The van der Waals surface area contributed by atoms with Crippen molar-refractivity contribution in [3.63, 3.8) is 0 Å². The standard InChI is InChI=1S/C17H24F3N3O/c1-13-7-9-23(10-8-13)16(21-2)22-11-14-3-5-15(6-4-14)24-12-17(18,19)20/h3-6,13H,7-12H2,1-2H3,(H,21,22). The molecule has 0 spiro atoms. The second-order valence-electron chi connectivity index (χ2n) is 6.12. The monoisotopic (exact) mass is 343 g/mol. The fourth-order valence-corrected chi connectivity index (χ4v) is 2.60. The highest BCUT2D eigenvalue weighted by Crippen LogP contribution is 2.19. The number of guanidine groups is 1. The number of nitrogens with one attached hydrogen (secondary N) is 1. The Morgan fingerprint density at radius 1 is 1.25 bits per heavy atom. The molecule has 1 aromatic carbocycles. The minimum absolute atomic E-state index is 0.213. The first-order valence-electron chi connectivity index (χ1n) is 8.11. The van der Waals surface area contributed by atoms with Gasteiger partial charge in [-0.05, 0) is 36.5 Å². The van der Waals surface area contributed by atoms with E-state index in [0.29, 0.717) is 6.54 Å². The SMILES string of the molecule is CN=C(NCc1ccc(OCC(F)(F)F)cc1)N1CCC(C)CC1. The summed E-state index contributed by atoms with van der Waals surface area (Å²) in [6, 6.07) is 6.61. The number of hydrogen-bond acceptors (Lipinski definition) is 2. The predicted molar refractivity (Wildman–Crippen MR) is 88.2 cm³/mol. The van der Waals surface area contributed by atoms with Crippen molar-refractivity contribution in [2.24, 2.45) is 10.9 Å². The molecule has 24 heavy (non-hydrogen) atoms. The molecule has 0 amide bonds. The Labute approximate surface area is 140 Å². The van der Waals surface area contributed by atoms with E-state index in [1.165, 1.54) is 0 Å². The van der Waals surface area contributed by atoms with Crippen molar-refractivity contribution in [3.05, 3.63) is 29.8 Å². The van der Waals surface area contributed by atoms with E-state index in [0.717, 1.165) is 43.4 Å². The number of hydrogen-bond donors (Lipinski definition) is 1. The van der Waals surface area contributed by atoms with Crippen molar-refractivity contribution in [1.82, 2.24) is 10.2 Å². The van der Waals surface area contributed by atoms with E-state index in [-0.39, 0.29) is 5.75 Å². The smallest absolute Gasteiger partial charge is 0.422 e. The second-order valence-corrected chi connectivity index (χ2v) is 6.12. The van der Waals surface area contributed by atoms with Crippen LogP contribution in [0.1, 0.15) is 25.3 Å². The summed E-state index contributed by atoms with van der Waals surface area (Å²) in [5.74, 6) is 1.83. The van der Waals surface area contributed by atoms with Gasteiger partial charge in [-0.3, -0.25) is 4.99 Å². The van der Waals surface area contributed by atoms with E-state index in [1.54, 1.807) is 31.3 Å². The van der Waals surface area contributed by atoms with Gasteiger partial charge >= 0.3 is 6.18 Å². The summed E-state index contributed by atoms with van der Waals surface area (Å²) >= 11 is 0. The van der Waals surface area contributed by atoms with Gasteiger partial charge in [0.15, 0.2) is 12.6 Å². The van der Waals surface area contributed by atoms with E-state index < -0.39 is 12.8 Å². The van der Waals surface area contributed by atoms with Crippen LogP contribution < -0.4 is 10.1 Å². The molecule has 1 aromatic rings. The number of alkyl halides is 3. The van der Waals surface area contributed by atoms with Crippen LogP contribution in [-0.4, -0.2) is 43.8 Å². The average molecular weight is 343 g/mol. The summed E-state index contributed by atoms with van der Waals surface area (Å²) < 4.78 is 41.1. The number of halogens is 3. The average Bonchev–Trinajstić information content (AvgIpc) is 2.55. The Kier molecular flexibility index (Phi) is 6.34. The van der Waals surface area contributed by atoms with E-state index in [4.69, 9.17) is 4.74 Å². The van der Waals surface area contributed by atoms with Crippen LogP contribution in [0.15, 0.2) is 29.3 Å². The minimum Gasteiger partial charge on any atom is -0.484 e. The van der Waals surface area contributed by atoms with E-state index in [1.807, 2.05) is 0 Å². The van der Waals surface area contributed by atoms with Gasteiger partial charge in [-0.1, -0.05) is 19.1 Å². The van der Waals surface area contributed by atoms with Gasteiger partial charge in [-0.2, -0.15) is 13.2 Å². The summed E-state index contributed by atoms with van der Waals surface area (Å²) in [4.78, 5) is 6.54. The molecule has 4 nitrogen and oxygen atoms in total. The third kappa shape index (κ3) is 5.94. The molecule has 134 valence electrons. The van der Waals surface area contributed by atoms with Crippen molar-refractivity contribution in [2.75, 3.05) is 26.7 Å². The molecular formula is C17H24F3N3O. The molecule has 0 atom stereocenters. The maximum absolute atomic E-state index is 12.1. The molecule has 1 heterocycles. The van der Waals surface area contributed by atoms with Crippen molar-refractivity contribution < 1.29 is 17.9 Å². The fraction of sp³-hybridized carbons (Fsp3) is 0.588. The van der Waals surface area contributed by atoms with Gasteiger partial charge in [0.1, 0.15) is 5.75 Å². The molecule has 0 radical (unpaired) electrons. The lowest BCUT2D eigenvalue weighted by molar-refractivity contribution is -0.153. The molecule has 0 bridgehead atoms. The first-order chi connectivity index (χ1) is 11.4. The third-order valence-electron chi connectivity index (χ3n) is 4.07. The van der Waals surface area contributed by atoms with Gasteiger partial charge in [0.05, 0.1) is 0 Å². The molecule has 0 aliphatic carbocycles. The maximum atomic E-state index is 12.1. The zero-order valence-electron chi connectivity index (χ0n) is 14.1. The van der Waals surface area contributed by atoms with Crippen LogP contribution in [-0.2, 0) is 6.54 Å². The summed E-state index contributed by atoms with van der Waals surface area (Å²) in [7, 11) is 1.76. The van der Waals surface area contributed by atoms with E-state index in [2.05, 4.69) is 22.1 Å². The lowest BCUT2D eigenvalue weighted by Gasteiger charge is -2.32. The lowest BCUT2D eigenvalue weighted by Crippen LogP contribution is -2.45. The van der Waals surface area contributed by atoms with E-state index >= 15 is 0 Å². The van der Waals surface area contributed by atoms with Gasteiger partial charge < -0.3 is 15.0 Å². The number of likely N-dealkylation sites (tertiary alicyclic amines) is 1. The van der Waals surface area contributed by atoms with Crippen molar-refractivity contribution in [3.8, 4) is 5.75 Å². The van der Waals surface area contributed by atoms with Crippen LogP contribution >= 0.6 is 0 Å². The lowest BCUT2D eigenvalue weighted by atomic mass is 10.00. The number of aliphatic imine (C=N–C) groups is 1. The minimum atomic E-state index is -4.32. The summed E-state index contributed by atoms with van der Waals surface area (Å²) in [5, 5.41) is 3.30. The third-order valence-corrected chi connectivity index (χ3v) is 4.07. The first kappa shape index (κ1) is 18.4. The van der Waals surface area contributed by atoms with Crippen LogP contribution in [0.2, 0.25) is 0 Å². The molecule has 1 N–H and O–H groups in total. The van der Waals surface area contributed by atoms with Crippen LogP contribution in [0, 0.1) is 5.92 Å². The van der Waals surface area contributed by atoms with Crippen LogP contribution in [0.3, 0.4) is 0 Å². The fourth-order valence-electron chi connectivity index (χ4n) is 2.60. The van der Waals surface area contributed by atoms with Crippen molar-refractivity contribution in [1.29, 1.82) is 0 Å².